The van der Waals surface area contributed by atoms with Gasteiger partial charge in [-0.3, -0.25) is 19.1 Å². The topological polar surface area (TPSA) is 155 Å². The Bertz CT molecular complexity index is 1940. The van der Waals surface area contributed by atoms with Crippen LogP contribution in [0.2, 0.25) is 0 Å². The Morgan fingerprint density at radius 2 is 1.78 bits per heavy atom. The monoisotopic (exact) mass is 648 g/mol. The van der Waals surface area contributed by atoms with Gasteiger partial charge in [-0.25, -0.2) is 8.42 Å². The molecule has 0 unspecified atom stereocenters. The number of piperidine rings is 1. The standard InChI is InChI=1S/C33H40N6O6S/c1-5-34-32(41)29-19-26-27(20-38(3)33(42)31(26)36-29)22-15-23(37-46(4,43)44)17-25(16-22)45-24-10-9-21(2)28(18-24)35-30(40)11-14-39-12-7-6-8-13-39/h9-10,15-20,36-37H,5-8,11-14H2,1-4H3,(H,34,41)(H,35,40). The fourth-order valence-electron chi connectivity index (χ4n) is 5.62. The molecule has 1 aliphatic heterocycles. The number of aromatic amines is 1. The molecule has 1 aliphatic rings. The predicted octanol–water partition coefficient (Wildman–Crippen LogP) is 4.57. The first-order valence-electron chi connectivity index (χ1n) is 15.3. The average molecular weight is 649 g/mol. The third kappa shape index (κ3) is 7.96. The average Bonchev–Trinajstić information content (AvgIpc) is 3.45. The molecule has 244 valence electrons. The summed E-state index contributed by atoms with van der Waals surface area (Å²) in [4.78, 5) is 43.6. The number of fused-ring (bicyclic) bond motifs is 1. The van der Waals surface area contributed by atoms with E-state index in [9.17, 15) is 22.8 Å². The van der Waals surface area contributed by atoms with Crippen LogP contribution in [0.5, 0.6) is 11.5 Å². The molecule has 0 radical (unpaired) electrons. The van der Waals surface area contributed by atoms with Gasteiger partial charge in [-0.05, 0) is 75.2 Å². The fraction of sp³-hybridized carbons (Fsp3) is 0.364. The summed E-state index contributed by atoms with van der Waals surface area (Å²) >= 11 is 0. The number of hydrogen-bond donors (Lipinski definition) is 4. The van der Waals surface area contributed by atoms with Gasteiger partial charge in [0.05, 0.1) is 11.9 Å². The Labute approximate surface area is 268 Å². The van der Waals surface area contributed by atoms with E-state index >= 15 is 0 Å². The second-order valence-corrected chi connectivity index (χ2v) is 13.4. The predicted molar refractivity (Wildman–Crippen MR) is 180 cm³/mol. The molecular formula is C33H40N6O6S. The summed E-state index contributed by atoms with van der Waals surface area (Å²) in [6.45, 7) is 6.88. The second kappa shape index (κ2) is 13.8. The van der Waals surface area contributed by atoms with E-state index in [1.807, 2.05) is 13.0 Å². The zero-order valence-electron chi connectivity index (χ0n) is 26.5. The number of benzene rings is 2. The zero-order valence-corrected chi connectivity index (χ0v) is 27.3. The van der Waals surface area contributed by atoms with Crippen LogP contribution in [0.1, 0.15) is 48.7 Å². The van der Waals surface area contributed by atoms with Crippen molar-refractivity contribution in [3.8, 4) is 22.6 Å². The molecule has 0 aliphatic carbocycles. The lowest BCUT2D eigenvalue weighted by Crippen LogP contribution is -2.32. The van der Waals surface area contributed by atoms with E-state index < -0.39 is 10.0 Å². The number of sulfonamides is 1. The number of ether oxygens (including phenoxy) is 1. The van der Waals surface area contributed by atoms with E-state index in [2.05, 4.69) is 25.2 Å². The molecule has 2 aromatic heterocycles. The molecule has 46 heavy (non-hydrogen) atoms. The molecule has 0 bridgehead atoms. The van der Waals surface area contributed by atoms with Gasteiger partial charge in [0.25, 0.3) is 11.5 Å². The Balaban J connectivity index is 1.47. The van der Waals surface area contributed by atoms with Gasteiger partial charge in [0, 0.05) is 61.5 Å². The Kier molecular flexibility index (Phi) is 9.82. The lowest BCUT2D eigenvalue weighted by molar-refractivity contribution is -0.116. The molecule has 2 aromatic carbocycles. The van der Waals surface area contributed by atoms with Crippen LogP contribution in [0.3, 0.4) is 0 Å². The molecule has 0 saturated carbocycles. The van der Waals surface area contributed by atoms with E-state index in [4.69, 9.17) is 4.74 Å². The van der Waals surface area contributed by atoms with Gasteiger partial charge in [0.15, 0.2) is 0 Å². The van der Waals surface area contributed by atoms with Crippen LogP contribution in [-0.2, 0) is 21.9 Å². The molecule has 5 rings (SSSR count). The van der Waals surface area contributed by atoms with Gasteiger partial charge < -0.3 is 29.8 Å². The number of carbonyl (C=O) groups excluding carboxylic acids is 2. The summed E-state index contributed by atoms with van der Waals surface area (Å²) < 4.78 is 34.6. The molecule has 2 amide bonds. The van der Waals surface area contributed by atoms with E-state index in [1.54, 1.807) is 56.6 Å². The summed E-state index contributed by atoms with van der Waals surface area (Å²) in [5.41, 5.74) is 3.01. The van der Waals surface area contributed by atoms with Crippen LogP contribution < -0.4 is 25.7 Å². The molecule has 0 spiro atoms. The lowest BCUT2D eigenvalue weighted by atomic mass is 10.0. The Hall–Kier alpha value is -4.62. The molecular weight excluding hydrogens is 608 g/mol. The Morgan fingerprint density at radius 3 is 2.50 bits per heavy atom. The van der Waals surface area contributed by atoms with Crippen molar-refractivity contribution in [2.45, 2.75) is 39.5 Å². The number of nitrogens with zero attached hydrogens (tertiary/aromatic N) is 2. The third-order valence-electron chi connectivity index (χ3n) is 7.89. The molecule has 4 N–H and O–H groups in total. The number of amides is 2. The van der Waals surface area contributed by atoms with E-state index in [1.165, 1.54) is 23.8 Å². The second-order valence-electron chi connectivity index (χ2n) is 11.7. The molecule has 1 fully saturated rings. The van der Waals surface area contributed by atoms with Crippen LogP contribution in [-0.4, -0.2) is 67.1 Å². The number of pyridine rings is 1. The summed E-state index contributed by atoms with van der Waals surface area (Å²) in [7, 11) is -2.05. The summed E-state index contributed by atoms with van der Waals surface area (Å²) in [5.74, 6) is 0.322. The highest BCUT2D eigenvalue weighted by atomic mass is 32.2. The van der Waals surface area contributed by atoms with Crippen molar-refractivity contribution < 1.29 is 22.7 Å². The van der Waals surface area contributed by atoms with Crippen molar-refractivity contribution in [1.29, 1.82) is 0 Å². The van der Waals surface area contributed by atoms with Crippen molar-refractivity contribution in [1.82, 2.24) is 19.8 Å². The lowest BCUT2D eigenvalue weighted by Gasteiger charge is -2.26. The van der Waals surface area contributed by atoms with Crippen LogP contribution in [0.4, 0.5) is 11.4 Å². The molecule has 3 heterocycles. The molecule has 12 nitrogen and oxygen atoms in total. The third-order valence-corrected chi connectivity index (χ3v) is 8.50. The van der Waals surface area contributed by atoms with Crippen LogP contribution >= 0.6 is 0 Å². The number of aromatic nitrogens is 2. The van der Waals surface area contributed by atoms with E-state index in [0.29, 0.717) is 53.2 Å². The largest absolute Gasteiger partial charge is 0.457 e. The maximum atomic E-state index is 13.0. The summed E-state index contributed by atoms with van der Waals surface area (Å²) in [6, 6.07) is 11.9. The van der Waals surface area contributed by atoms with Gasteiger partial charge in [-0.1, -0.05) is 12.5 Å². The van der Waals surface area contributed by atoms with Crippen molar-refractivity contribution in [3.05, 3.63) is 70.3 Å². The van der Waals surface area contributed by atoms with Crippen LogP contribution in [0.25, 0.3) is 22.0 Å². The summed E-state index contributed by atoms with van der Waals surface area (Å²) in [6.07, 6.45) is 6.64. The number of likely N-dealkylation sites (tertiary alicyclic amines) is 1. The van der Waals surface area contributed by atoms with E-state index in [-0.39, 0.29) is 34.3 Å². The first-order valence-corrected chi connectivity index (χ1v) is 17.2. The van der Waals surface area contributed by atoms with Gasteiger partial charge in [-0.2, -0.15) is 0 Å². The zero-order chi connectivity index (χ0) is 33.0. The van der Waals surface area contributed by atoms with Gasteiger partial charge in [-0.15, -0.1) is 0 Å². The maximum Gasteiger partial charge on any atom is 0.274 e. The maximum absolute atomic E-state index is 13.0. The highest BCUT2D eigenvalue weighted by Crippen LogP contribution is 2.36. The molecule has 0 atom stereocenters. The van der Waals surface area contributed by atoms with Crippen LogP contribution in [0, 0.1) is 6.92 Å². The minimum Gasteiger partial charge on any atom is -0.457 e. The highest BCUT2D eigenvalue weighted by Gasteiger charge is 2.18. The number of rotatable bonds is 11. The number of carbonyl (C=O) groups is 2. The normalized spacial score (nSPS) is 13.8. The number of hydrogen-bond acceptors (Lipinski definition) is 7. The minimum absolute atomic E-state index is 0.0790. The number of nitrogens with one attached hydrogen (secondary N) is 4. The van der Waals surface area contributed by atoms with Crippen LogP contribution in [0.15, 0.2) is 53.5 Å². The van der Waals surface area contributed by atoms with Gasteiger partial charge in [0.2, 0.25) is 15.9 Å². The van der Waals surface area contributed by atoms with Crippen molar-refractivity contribution in [2.75, 3.05) is 42.5 Å². The first-order chi connectivity index (χ1) is 21.9. The van der Waals surface area contributed by atoms with Gasteiger partial charge in [0.1, 0.15) is 22.7 Å². The first kappa shape index (κ1) is 32.8. The highest BCUT2D eigenvalue weighted by molar-refractivity contribution is 7.92. The molecule has 4 aromatic rings. The van der Waals surface area contributed by atoms with Crippen molar-refractivity contribution >= 4 is 44.1 Å². The molecule has 13 heteroatoms. The van der Waals surface area contributed by atoms with Gasteiger partial charge >= 0.3 is 0 Å². The number of H-pyrrole nitrogens is 1. The number of aryl methyl sites for hydroxylation is 2. The SMILES string of the molecule is CCNC(=O)c1cc2c(-c3cc(NS(C)(=O)=O)cc(Oc4ccc(C)c(NC(=O)CCN5CCCCC5)c4)c3)cn(C)c(=O)c2[nH]1. The molecule has 1 saturated heterocycles. The van der Waals surface area contributed by atoms with E-state index in [0.717, 1.165) is 24.9 Å². The minimum atomic E-state index is -3.65. The smallest absolute Gasteiger partial charge is 0.274 e. The number of anilines is 2. The Morgan fingerprint density at radius 1 is 1.02 bits per heavy atom. The quantitative estimate of drug-likeness (QED) is 0.186. The van der Waals surface area contributed by atoms with Crippen molar-refractivity contribution in [3.63, 3.8) is 0 Å². The van der Waals surface area contributed by atoms with Crippen molar-refractivity contribution in [2.24, 2.45) is 7.05 Å². The fourth-order valence-corrected chi connectivity index (χ4v) is 6.17. The summed E-state index contributed by atoms with van der Waals surface area (Å²) in [5, 5.41) is 6.22.